The van der Waals surface area contributed by atoms with Crippen molar-refractivity contribution in [1.82, 2.24) is 4.98 Å². The van der Waals surface area contributed by atoms with Crippen molar-refractivity contribution in [3.8, 4) is 0 Å². The Kier molecular flexibility index (Phi) is 47.5. The van der Waals surface area contributed by atoms with E-state index in [-0.39, 0.29) is 0 Å². The average Bonchev–Trinajstić information content (AvgIpc) is 3.81. The predicted octanol–water partition coefficient (Wildman–Crippen LogP) is 14.2. The molecule has 1 heterocycles. The average molecular weight is 560 g/mol. The molecule has 1 nitrogen and oxygen atoms in total. The molecule has 2 aliphatic rings. The number of hydrogen-bond donors (Lipinski definition) is 0. The van der Waals surface area contributed by atoms with Crippen LogP contribution in [0.25, 0.3) is 0 Å². The summed E-state index contributed by atoms with van der Waals surface area (Å²) >= 11 is 0. The maximum atomic E-state index is 3.78. The summed E-state index contributed by atoms with van der Waals surface area (Å²) < 4.78 is 0. The van der Waals surface area contributed by atoms with E-state index in [1.54, 1.807) is 12.4 Å². The molecule has 2 fully saturated rings. The number of rotatable bonds is 3. The van der Waals surface area contributed by atoms with Crippen LogP contribution in [0.3, 0.4) is 0 Å². The molecule has 0 radical (unpaired) electrons. The standard InChI is InChI=1S/C9H12.C7H14.C6H12.C5H5N.C4H10.4C2H6/c1-8(2)9-6-4-3-5-7-9;1-6(2)7-4-3-5-7;1-5(2)6-3-4-6;1-2-4-6-5-3-1;1-4(2)3;4*1-2/h3-8H,1-2H3;6-7H,3-5H2,1-2H3;5-6H,3-4H2,1-2H3;1-5H;4H,1-3H3;4*1-2H3. The largest absolute Gasteiger partial charge is 0.265 e. The van der Waals surface area contributed by atoms with E-state index < -0.39 is 0 Å². The second-order valence-corrected chi connectivity index (χ2v) is 10.8. The van der Waals surface area contributed by atoms with Gasteiger partial charge in [-0.05, 0) is 66.0 Å². The molecule has 0 spiro atoms. The number of nitrogens with zero attached hydrogens (tertiary/aromatic N) is 1. The highest BCUT2D eigenvalue weighted by Gasteiger charge is 2.24. The van der Waals surface area contributed by atoms with Crippen LogP contribution in [0.2, 0.25) is 0 Å². The topological polar surface area (TPSA) is 12.9 Å². The van der Waals surface area contributed by atoms with E-state index in [0.29, 0.717) is 5.92 Å². The molecule has 2 saturated carbocycles. The van der Waals surface area contributed by atoms with E-state index in [1.807, 2.05) is 79.7 Å². The molecule has 238 valence electrons. The fourth-order valence-electron chi connectivity index (χ4n) is 3.02. The van der Waals surface area contributed by atoms with Crippen molar-refractivity contribution in [2.45, 2.75) is 156 Å². The van der Waals surface area contributed by atoms with Crippen molar-refractivity contribution in [2.24, 2.45) is 29.6 Å². The minimum absolute atomic E-state index is 0.659. The minimum Gasteiger partial charge on any atom is -0.265 e. The second kappa shape index (κ2) is 39.5. The van der Waals surface area contributed by atoms with Crippen LogP contribution < -0.4 is 0 Å². The number of pyridine rings is 1. The van der Waals surface area contributed by atoms with Gasteiger partial charge in [0.15, 0.2) is 0 Å². The molecular weight excluding hydrogens is 482 g/mol. The zero-order valence-corrected chi connectivity index (χ0v) is 30.7. The highest BCUT2D eigenvalue weighted by molar-refractivity contribution is 5.17. The van der Waals surface area contributed by atoms with Crippen LogP contribution in [-0.2, 0) is 0 Å². The van der Waals surface area contributed by atoms with Crippen LogP contribution in [-0.4, -0.2) is 4.98 Å². The predicted molar refractivity (Wildman–Crippen MR) is 190 cm³/mol. The van der Waals surface area contributed by atoms with E-state index in [0.717, 1.165) is 29.6 Å². The van der Waals surface area contributed by atoms with Crippen molar-refractivity contribution in [3.05, 3.63) is 66.5 Å². The van der Waals surface area contributed by atoms with Crippen molar-refractivity contribution in [1.29, 1.82) is 0 Å². The van der Waals surface area contributed by atoms with Crippen molar-refractivity contribution in [2.75, 3.05) is 0 Å². The lowest BCUT2D eigenvalue weighted by Gasteiger charge is -2.28. The number of aromatic nitrogens is 1. The van der Waals surface area contributed by atoms with E-state index in [9.17, 15) is 0 Å². The lowest BCUT2D eigenvalue weighted by atomic mass is 9.78. The van der Waals surface area contributed by atoms with Gasteiger partial charge < -0.3 is 0 Å². The fourth-order valence-corrected chi connectivity index (χ4v) is 3.02. The molecule has 0 aliphatic heterocycles. The SMILES string of the molecule is CC.CC.CC.CC.CC(C)C.CC(C)C1CC1.CC(C)C1CCC1.CC(C)c1ccccc1.c1ccncc1. The van der Waals surface area contributed by atoms with Gasteiger partial charge in [0.2, 0.25) is 0 Å². The van der Waals surface area contributed by atoms with E-state index in [4.69, 9.17) is 0 Å². The van der Waals surface area contributed by atoms with Crippen molar-refractivity contribution >= 4 is 0 Å². The Morgan fingerprint density at radius 3 is 0.925 bits per heavy atom. The molecule has 0 atom stereocenters. The highest BCUT2D eigenvalue weighted by Crippen LogP contribution is 2.35. The maximum Gasteiger partial charge on any atom is 0.0267 e. The van der Waals surface area contributed by atoms with Crippen molar-refractivity contribution < 1.29 is 0 Å². The van der Waals surface area contributed by atoms with Crippen LogP contribution in [0, 0.1) is 29.6 Å². The van der Waals surface area contributed by atoms with E-state index in [2.05, 4.69) is 91.6 Å². The Morgan fingerprint density at radius 1 is 0.500 bits per heavy atom. The molecule has 0 amide bonds. The first kappa shape index (κ1) is 48.1. The Hall–Kier alpha value is -1.63. The number of hydrogen-bond acceptors (Lipinski definition) is 1. The van der Waals surface area contributed by atoms with Gasteiger partial charge in [-0.25, -0.2) is 0 Å². The van der Waals surface area contributed by atoms with Crippen LogP contribution in [0.1, 0.15) is 161 Å². The van der Waals surface area contributed by atoms with Gasteiger partial charge in [-0.15, -0.1) is 0 Å². The minimum atomic E-state index is 0.659. The summed E-state index contributed by atoms with van der Waals surface area (Å²) in [7, 11) is 0. The fraction of sp³-hybridized carbons (Fsp3) is 0.718. The lowest BCUT2D eigenvalue weighted by Crippen LogP contribution is -2.16. The first-order valence-electron chi connectivity index (χ1n) is 17.0. The molecule has 1 heteroatoms. The third-order valence-electron chi connectivity index (χ3n) is 5.69. The molecule has 1 aromatic carbocycles. The van der Waals surface area contributed by atoms with Gasteiger partial charge in [-0.2, -0.15) is 0 Å². The summed E-state index contributed by atoms with van der Waals surface area (Å²) in [4.78, 5) is 3.78. The van der Waals surface area contributed by atoms with Gasteiger partial charge in [-0.3, -0.25) is 4.98 Å². The molecule has 4 rings (SSSR count). The molecule has 0 saturated heterocycles. The summed E-state index contributed by atoms with van der Waals surface area (Å²) in [5.74, 6) is 5.59. The third-order valence-corrected chi connectivity index (χ3v) is 5.69. The van der Waals surface area contributed by atoms with Gasteiger partial charge in [0.05, 0.1) is 0 Å². The molecule has 0 N–H and O–H groups in total. The van der Waals surface area contributed by atoms with Gasteiger partial charge in [0.1, 0.15) is 0 Å². The zero-order chi connectivity index (χ0) is 32.4. The summed E-state index contributed by atoms with van der Waals surface area (Å²) in [6.45, 7) is 36.2. The number of benzene rings is 1. The lowest BCUT2D eigenvalue weighted by molar-refractivity contribution is 0.235. The smallest absolute Gasteiger partial charge is 0.0267 e. The highest BCUT2D eigenvalue weighted by atomic mass is 14.6. The molecule has 0 bridgehead atoms. The first-order chi connectivity index (χ1) is 19.1. The van der Waals surface area contributed by atoms with Crippen LogP contribution >= 0.6 is 0 Å². The van der Waals surface area contributed by atoms with Gasteiger partial charge in [0.25, 0.3) is 0 Å². The summed E-state index contributed by atoms with van der Waals surface area (Å²) in [5, 5.41) is 0. The van der Waals surface area contributed by atoms with Crippen LogP contribution in [0.5, 0.6) is 0 Å². The molecule has 2 aliphatic carbocycles. The normalized spacial score (nSPS) is 12.3. The second-order valence-electron chi connectivity index (χ2n) is 10.8. The van der Waals surface area contributed by atoms with Crippen molar-refractivity contribution in [3.63, 3.8) is 0 Å². The maximum absolute atomic E-state index is 3.78. The summed E-state index contributed by atoms with van der Waals surface area (Å²) in [6.07, 6.45) is 11.0. The Bertz CT molecular complexity index is 578. The molecule has 0 unspecified atom stereocenters. The Labute approximate surface area is 256 Å². The van der Waals surface area contributed by atoms with Gasteiger partial charge >= 0.3 is 0 Å². The molecular formula is C39H77N. The van der Waals surface area contributed by atoms with Gasteiger partial charge in [-0.1, -0.05) is 173 Å². The summed E-state index contributed by atoms with van der Waals surface area (Å²) in [5.41, 5.74) is 1.41. The Morgan fingerprint density at radius 2 is 0.825 bits per heavy atom. The Balaban J connectivity index is -0.000000122. The van der Waals surface area contributed by atoms with Crippen LogP contribution in [0.15, 0.2) is 60.9 Å². The van der Waals surface area contributed by atoms with Gasteiger partial charge in [0, 0.05) is 12.4 Å². The van der Waals surface area contributed by atoms with E-state index in [1.165, 1.54) is 37.7 Å². The van der Waals surface area contributed by atoms with Crippen LogP contribution in [0.4, 0.5) is 0 Å². The zero-order valence-electron chi connectivity index (χ0n) is 30.7. The molecule has 2 aromatic rings. The first-order valence-corrected chi connectivity index (χ1v) is 17.0. The van der Waals surface area contributed by atoms with E-state index >= 15 is 0 Å². The quantitative estimate of drug-likeness (QED) is 0.364. The molecule has 1 aromatic heterocycles. The summed E-state index contributed by atoms with van der Waals surface area (Å²) in [6, 6.07) is 16.2. The third kappa shape index (κ3) is 40.9. The molecule has 40 heavy (non-hydrogen) atoms. The monoisotopic (exact) mass is 560 g/mol.